The van der Waals surface area contributed by atoms with Crippen LogP contribution in [-0.4, -0.2) is 41.2 Å². The lowest BCUT2D eigenvalue weighted by atomic mass is 9.52. The van der Waals surface area contributed by atoms with Crippen LogP contribution >= 0.6 is 0 Å². The number of nitrogens with zero attached hydrogens (tertiary/aromatic N) is 1. The largest absolute Gasteiger partial charge is 0.390 e. The van der Waals surface area contributed by atoms with Crippen LogP contribution in [0.25, 0.3) is 0 Å². The van der Waals surface area contributed by atoms with Gasteiger partial charge in [0, 0.05) is 6.04 Å². The van der Waals surface area contributed by atoms with E-state index < -0.39 is 44.7 Å². The third-order valence-corrected chi connectivity index (χ3v) is 8.07. The second-order valence-corrected chi connectivity index (χ2v) is 10.8. The maximum atomic E-state index is 14.3. The zero-order valence-electron chi connectivity index (χ0n) is 16.8. The Morgan fingerprint density at radius 2 is 1.70 bits per heavy atom. The molecule has 0 saturated heterocycles. The number of nitrogens with one attached hydrogen (secondary N) is 1. The van der Waals surface area contributed by atoms with Gasteiger partial charge in [0.05, 0.1) is 5.60 Å². The van der Waals surface area contributed by atoms with E-state index in [1.807, 2.05) is 0 Å². The molecule has 0 aliphatic heterocycles. The predicted molar refractivity (Wildman–Crippen MR) is 105 cm³/mol. The number of benzene rings is 1. The molecule has 2 unspecified atom stereocenters. The van der Waals surface area contributed by atoms with Crippen molar-refractivity contribution in [3.05, 3.63) is 29.8 Å². The van der Waals surface area contributed by atoms with Crippen molar-refractivity contribution in [3.8, 4) is 0 Å². The first kappa shape index (κ1) is 21.5. The molecule has 3 N–H and O–H groups in total. The first-order chi connectivity index (χ1) is 13.8. The Bertz CT molecular complexity index is 947. The van der Waals surface area contributed by atoms with Gasteiger partial charge in [0.1, 0.15) is 11.2 Å². The van der Waals surface area contributed by atoms with E-state index in [-0.39, 0.29) is 22.2 Å². The van der Waals surface area contributed by atoms with E-state index in [0.29, 0.717) is 18.8 Å². The van der Waals surface area contributed by atoms with Gasteiger partial charge < -0.3 is 10.4 Å². The molecule has 1 amide bonds. The van der Waals surface area contributed by atoms with Gasteiger partial charge in [-0.05, 0) is 75.8 Å². The van der Waals surface area contributed by atoms with Crippen LogP contribution in [0.3, 0.4) is 0 Å². The molecule has 30 heavy (non-hydrogen) atoms. The average molecular weight is 445 g/mol. The van der Waals surface area contributed by atoms with E-state index in [4.69, 9.17) is 0 Å². The molecule has 4 saturated carbocycles. The van der Waals surface area contributed by atoms with E-state index in [2.05, 4.69) is 5.32 Å². The van der Waals surface area contributed by atoms with Crippen molar-refractivity contribution in [1.82, 2.24) is 5.32 Å². The Kier molecular flexibility index (Phi) is 4.91. The Balaban J connectivity index is 1.64. The van der Waals surface area contributed by atoms with Gasteiger partial charge in [0.2, 0.25) is 5.91 Å². The van der Waals surface area contributed by atoms with E-state index >= 15 is 0 Å². The number of hydrogen-bond acceptors (Lipinski definition) is 4. The van der Waals surface area contributed by atoms with Crippen molar-refractivity contribution in [1.29, 1.82) is 0 Å². The van der Waals surface area contributed by atoms with Gasteiger partial charge in [-0.1, -0.05) is 6.07 Å². The molecule has 4 aliphatic rings. The summed E-state index contributed by atoms with van der Waals surface area (Å²) in [6.07, 6.45) is 3.64. The van der Waals surface area contributed by atoms with Crippen LogP contribution in [0.15, 0.2) is 18.2 Å². The number of halogens is 2. The molecule has 4 aliphatic carbocycles. The predicted octanol–water partition coefficient (Wildman–Crippen LogP) is 2.41. The second-order valence-electron chi connectivity index (χ2n) is 9.57. The molecular formula is C20H26F2N2O5S. The molecule has 0 radical (unpaired) electrons. The maximum absolute atomic E-state index is 14.3. The molecule has 4 fully saturated rings. The normalized spacial score (nSPS) is 32.9. The second kappa shape index (κ2) is 6.86. The zero-order chi connectivity index (χ0) is 22.1. The number of carbonyl (C=O) groups is 1. The van der Waals surface area contributed by atoms with Gasteiger partial charge in [-0.2, -0.15) is 8.42 Å². The van der Waals surface area contributed by atoms with Crippen molar-refractivity contribution >= 4 is 21.9 Å². The van der Waals surface area contributed by atoms with Crippen LogP contribution in [-0.2, 0) is 15.1 Å². The number of aliphatic hydroxyl groups is 1. The topological polar surface area (TPSA) is 107 Å². The van der Waals surface area contributed by atoms with Crippen LogP contribution in [0, 0.1) is 29.4 Å². The van der Waals surface area contributed by atoms with Crippen LogP contribution in [0.1, 0.15) is 46.0 Å². The highest BCUT2D eigenvalue weighted by molar-refractivity contribution is 7.87. The fraction of sp³-hybridized carbons (Fsp3) is 0.650. The first-order valence-corrected chi connectivity index (χ1v) is 11.5. The van der Waals surface area contributed by atoms with Gasteiger partial charge >= 0.3 is 10.3 Å². The summed E-state index contributed by atoms with van der Waals surface area (Å²) in [7, 11) is -5.18. The summed E-state index contributed by atoms with van der Waals surface area (Å²) >= 11 is 0. The summed E-state index contributed by atoms with van der Waals surface area (Å²) in [5.74, 6) is -2.67. The van der Waals surface area contributed by atoms with Crippen LogP contribution < -0.4 is 9.62 Å². The molecule has 0 spiro atoms. The summed E-state index contributed by atoms with van der Waals surface area (Å²) in [4.78, 5) is 13.2. The Hall–Kier alpha value is -1.78. The summed E-state index contributed by atoms with van der Waals surface area (Å²) in [6, 6.07) is 2.50. The lowest BCUT2D eigenvalue weighted by Gasteiger charge is -2.58. The van der Waals surface area contributed by atoms with Crippen molar-refractivity contribution in [2.45, 2.75) is 63.1 Å². The molecule has 0 aromatic heterocycles. The van der Waals surface area contributed by atoms with Crippen LogP contribution in [0.2, 0.25) is 0 Å². The third-order valence-electron chi connectivity index (χ3n) is 6.97. The number of amides is 1. The standard InChI is InChI=1S/C20H26F2N2O5S/c1-19(2,24(30(27,28)29)17-14(21)4-3-5-15(17)22)18(25)23-16-12-6-11-7-13(16)10-20(26,8-11)9-12/h3-5,11-13,16,26H,6-10H2,1-2H3,(H,23,25)(H,27,28,29). The molecular weight excluding hydrogens is 418 g/mol. The molecule has 1 aromatic rings. The lowest BCUT2D eigenvalue weighted by Crippen LogP contribution is -2.65. The van der Waals surface area contributed by atoms with Crippen molar-refractivity contribution in [2.24, 2.45) is 17.8 Å². The molecule has 1 aromatic carbocycles. The van der Waals surface area contributed by atoms with Gasteiger partial charge in [-0.25, -0.2) is 13.1 Å². The number of rotatable bonds is 5. The number of para-hydroxylation sites is 1. The van der Waals surface area contributed by atoms with Gasteiger partial charge in [-0.15, -0.1) is 0 Å². The monoisotopic (exact) mass is 444 g/mol. The molecule has 7 nitrogen and oxygen atoms in total. The Morgan fingerprint density at radius 3 is 2.17 bits per heavy atom. The first-order valence-electron chi connectivity index (χ1n) is 10.1. The number of hydrogen-bond donors (Lipinski definition) is 3. The van der Waals surface area contributed by atoms with E-state index in [0.717, 1.165) is 37.5 Å². The minimum absolute atomic E-state index is 0.0605. The van der Waals surface area contributed by atoms with E-state index in [9.17, 15) is 31.7 Å². The molecule has 2 atom stereocenters. The van der Waals surface area contributed by atoms with Gasteiger partial charge in [-0.3, -0.25) is 9.35 Å². The summed E-state index contributed by atoms with van der Waals surface area (Å²) in [5, 5.41) is 13.6. The Morgan fingerprint density at radius 1 is 1.17 bits per heavy atom. The third kappa shape index (κ3) is 3.48. The average Bonchev–Trinajstić information content (AvgIpc) is 2.58. The summed E-state index contributed by atoms with van der Waals surface area (Å²) < 4.78 is 62.7. The highest BCUT2D eigenvalue weighted by Gasteiger charge is 2.56. The smallest absolute Gasteiger partial charge is 0.361 e. The zero-order valence-corrected chi connectivity index (χ0v) is 17.6. The Labute approximate surface area is 174 Å². The van der Waals surface area contributed by atoms with Crippen LogP contribution in [0.4, 0.5) is 14.5 Å². The van der Waals surface area contributed by atoms with E-state index in [1.54, 1.807) is 0 Å². The molecule has 4 bridgehead atoms. The lowest BCUT2D eigenvalue weighted by molar-refractivity contribution is -0.148. The summed E-state index contributed by atoms with van der Waals surface area (Å²) in [5.41, 5.74) is -3.73. The number of carbonyl (C=O) groups excluding carboxylic acids is 1. The van der Waals surface area contributed by atoms with Gasteiger partial charge in [0.25, 0.3) is 0 Å². The molecule has 5 rings (SSSR count). The SMILES string of the molecule is CC(C)(C(=O)NC1C2CC3CC1CC(O)(C3)C2)N(c1c(F)cccc1F)S(=O)(=O)O. The minimum Gasteiger partial charge on any atom is -0.390 e. The van der Waals surface area contributed by atoms with Crippen molar-refractivity contribution in [3.63, 3.8) is 0 Å². The quantitative estimate of drug-likeness (QED) is 0.605. The fourth-order valence-electron chi connectivity index (χ4n) is 6.00. The molecule has 166 valence electrons. The van der Waals surface area contributed by atoms with Crippen LogP contribution in [0.5, 0.6) is 0 Å². The maximum Gasteiger partial charge on any atom is 0.361 e. The van der Waals surface area contributed by atoms with Crippen molar-refractivity contribution < 1.29 is 31.7 Å². The van der Waals surface area contributed by atoms with E-state index in [1.165, 1.54) is 13.8 Å². The number of anilines is 1. The molecule has 0 heterocycles. The van der Waals surface area contributed by atoms with Crippen molar-refractivity contribution in [2.75, 3.05) is 4.31 Å². The highest BCUT2D eigenvalue weighted by atomic mass is 32.2. The minimum atomic E-state index is -5.18. The van der Waals surface area contributed by atoms with Gasteiger partial charge in [0.15, 0.2) is 11.6 Å². The highest BCUT2D eigenvalue weighted by Crippen LogP contribution is 2.55. The fourth-order valence-corrected chi connectivity index (χ4v) is 7.07. The molecule has 10 heteroatoms. The summed E-state index contributed by atoms with van der Waals surface area (Å²) in [6.45, 7) is 2.37.